The fraction of sp³-hybridized carbons (Fsp3) is 1.00. The Morgan fingerprint density at radius 1 is 0.328 bits per heavy atom. The van der Waals surface area contributed by atoms with Crippen LogP contribution in [0.2, 0.25) is 0 Å². The van der Waals surface area contributed by atoms with Crippen molar-refractivity contribution in [3.05, 3.63) is 0 Å². The highest BCUT2D eigenvalue weighted by atomic mass is 32.2. The molecule has 3 heteroatoms. The molecule has 0 radical (unpaired) electrons. The third kappa shape index (κ3) is 6.80. The van der Waals surface area contributed by atoms with Gasteiger partial charge in [-0.1, -0.05) is 103 Å². The minimum absolute atomic E-state index is 0.727. The van der Waals surface area contributed by atoms with Gasteiger partial charge in [0.25, 0.3) is 0 Å². The summed E-state index contributed by atoms with van der Waals surface area (Å²) >= 11 is 5.23. The highest BCUT2D eigenvalue weighted by molar-refractivity contribution is 8.02. The summed E-state index contributed by atoms with van der Waals surface area (Å²) in [6.07, 6.45) is 55.3. The maximum Gasteiger partial charge on any atom is 0.0123 e. The zero-order valence-electron chi connectivity index (χ0n) is 37.5. The first-order valence-electron chi connectivity index (χ1n) is 27.9. The molecule has 2 aliphatic heterocycles. The molecule has 0 amide bonds. The van der Waals surface area contributed by atoms with Gasteiger partial charge < -0.3 is 0 Å². The van der Waals surface area contributed by atoms with Crippen LogP contribution in [0.3, 0.4) is 0 Å². The third-order valence-electron chi connectivity index (χ3n) is 22.7. The van der Waals surface area contributed by atoms with Gasteiger partial charge in [0.2, 0.25) is 0 Å². The van der Waals surface area contributed by atoms with Gasteiger partial charge in [0.15, 0.2) is 0 Å². The minimum Gasteiger partial charge on any atom is -0.294 e. The van der Waals surface area contributed by atoms with Crippen LogP contribution in [0.1, 0.15) is 225 Å². The molecule has 0 bridgehead atoms. The SMILES string of the molecule is C1CCC(N(C2CCCC(C3CCCC4C5CCC6SC7CCCCC7C6C5SC34)C2)C2CCC3C4CCCCC4C(C4CCCCC4)(C4CCCCC4)C3C2)CC1. The van der Waals surface area contributed by atoms with E-state index in [0.717, 1.165) is 116 Å². The summed E-state index contributed by atoms with van der Waals surface area (Å²) < 4.78 is 0. The van der Waals surface area contributed by atoms with Gasteiger partial charge in [-0.15, -0.1) is 0 Å². The molecule has 2 heterocycles. The maximum absolute atomic E-state index is 3.50. The van der Waals surface area contributed by atoms with Crippen LogP contribution in [0.15, 0.2) is 0 Å². The first kappa shape index (κ1) is 40.2. The second-order valence-corrected chi connectivity index (χ2v) is 27.4. The second kappa shape index (κ2) is 17.2. The van der Waals surface area contributed by atoms with Crippen molar-refractivity contribution >= 4 is 23.5 Å². The van der Waals surface area contributed by atoms with E-state index in [-0.39, 0.29) is 0 Å². The standard InChI is InChI=1S/C55H89NS2/c1-4-17-37(18-5-1)55(38-19-6-2-7-20-38)48-28-12-10-24-43(48)44-31-30-41(35-49(44)55)56(39-21-8-3-9-22-39)40-23-14-16-36(34-40)42-26-15-27-45-46-32-33-51-52(54(46)58-53(42)45)47-25-11-13-29-50(47)57-51/h36-54H,1-35H2. The third-order valence-corrected chi connectivity index (χ3v) is 26.5. The Kier molecular flexibility index (Phi) is 11.9. The smallest absolute Gasteiger partial charge is 0.0123 e. The van der Waals surface area contributed by atoms with Crippen LogP contribution in [0.25, 0.3) is 0 Å². The van der Waals surface area contributed by atoms with Crippen LogP contribution in [0.5, 0.6) is 0 Å². The summed E-state index contributed by atoms with van der Waals surface area (Å²) in [5.74, 6) is 13.0. The van der Waals surface area contributed by atoms with Gasteiger partial charge in [-0.05, 0) is 198 Å². The molecule has 326 valence electrons. The molecular weight excluding hydrogens is 739 g/mol. The Morgan fingerprint density at radius 2 is 0.897 bits per heavy atom. The van der Waals surface area contributed by atoms with Gasteiger partial charge in [-0.2, -0.15) is 23.5 Å². The molecule has 0 aromatic carbocycles. The van der Waals surface area contributed by atoms with E-state index < -0.39 is 0 Å². The lowest BCUT2D eigenvalue weighted by Gasteiger charge is -2.58. The fourth-order valence-corrected chi connectivity index (χ4v) is 25.8. The van der Waals surface area contributed by atoms with E-state index in [1.54, 1.807) is 199 Å². The first-order chi connectivity index (χ1) is 28.8. The van der Waals surface area contributed by atoms with Crippen molar-refractivity contribution in [2.75, 3.05) is 0 Å². The lowest BCUT2D eigenvalue weighted by atomic mass is 9.48. The van der Waals surface area contributed by atoms with Gasteiger partial charge in [0.05, 0.1) is 0 Å². The quantitative estimate of drug-likeness (QED) is 0.263. The van der Waals surface area contributed by atoms with Crippen LogP contribution in [0, 0.1) is 76.4 Å². The molecular formula is C55H89NS2. The Bertz CT molecular complexity index is 1360. The predicted octanol–water partition coefficient (Wildman–Crippen LogP) is 15.5. The maximum atomic E-state index is 3.50. The van der Waals surface area contributed by atoms with E-state index in [9.17, 15) is 0 Å². The van der Waals surface area contributed by atoms with Crippen LogP contribution in [-0.2, 0) is 0 Å². The molecule has 12 rings (SSSR count). The molecule has 16 atom stereocenters. The van der Waals surface area contributed by atoms with E-state index in [0.29, 0.717) is 0 Å². The summed E-state index contributed by atoms with van der Waals surface area (Å²) in [6.45, 7) is 0. The molecule has 16 unspecified atom stereocenters. The topological polar surface area (TPSA) is 3.24 Å². The van der Waals surface area contributed by atoms with E-state index in [4.69, 9.17) is 0 Å². The van der Waals surface area contributed by atoms with Gasteiger partial charge in [0.1, 0.15) is 0 Å². The number of fused-ring (bicyclic) bond motifs is 10. The van der Waals surface area contributed by atoms with E-state index >= 15 is 0 Å². The summed E-state index contributed by atoms with van der Waals surface area (Å²) in [5, 5.41) is 4.17. The molecule has 10 saturated carbocycles. The molecule has 1 nitrogen and oxygen atoms in total. The normalized spacial score (nSPS) is 50.0. The largest absolute Gasteiger partial charge is 0.294 e. The minimum atomic E-state index is 0.727. The molecule has 12 aliphatic rings. The molecule has 12 fully saturated rings. The molecule has 0 N–H and O–H groups in total. The molecule has 0 spiro atoms. The summed E-state index contributed by atoms with van der Waals surface area (Å²) in [4.78, 5) is 3.50. The first-order valence-corrected chi connectivity index (χ1v) is 29.7. The summed E-state index contributed by atoms with van der Waals surface area (Å²) in [6, 6.07) is 2.76. The summed E-state index contributed by atoms with van der Waals surface area (Å²) in [7, 11) is 0. The number of rotatable bonds is 6. The Labute approximate surface area is 366 Å². The van der Waals surface area contributed by atoms with Crippen molar-refractivity contribution in [3.8, 4) is 0 Å². The fourth-order valence-electron chi connectivity index (χ4n) is 21.1. The van der Waals surface area contributed by atoms with Crippen molar-refractivity contribution in [2.45, 2.75) is 264 Å². The van der Waals surface area contributed by atoms with Crippen LogP contribution in [0.4, 0.5) is 0 Å². The average Bonchev–Trinajstić information content (AvgIpc) is 3.96. The number of hydrogen-bond acceptors (Lipinski definition) is 3. The average molecular weight is 828 g/mol. The Morgan fingerprint density at radius 3 is 1.69 bits per heavy atom. The number of nitrogens with zero attached hydrogens (tertiary/aromatic N) is 1. The van der Waals surface area contributed by atoms with E-state index in [2.05, 4.69) is 28.4 Å². The van der Waals surface area contributed by atoms with Crippen molar-refractivity contribution in [1.82, 2.24) is 4.90 Å². The van der Waals surface area contributed by atoms with Gasteiger partial charge in [-0.25, -0.2) is 0 Å². The Balaban J connectivity index is 0.825. The predicted molar refractivity (Wildman–Crippen MR) is 249 cm³/mol. The molecule has 58 heavy (non-hydrogen) atoms. The number of hydrogen-bond donors (Lipinski definition) is 0. The van der Waals surface area contributed by atoms with Gasteiger partial charge in [-0.3, -0.25) is 4.90 Å². The van der Waals surface area contributed by atoms with Gasteiger partial charge >= 0.3 is 0 Å². The second-order valence-electron chi connectivity index (χ2n) is 24.6. The lowest BCUT2D eigenvalue weighted by molar-refractivity contribution is -0.0910. The van der Waals surface area contributed by atoms with Crippen LogP contribution >= 0.6 is 23.5 Å². The number of thioether (sulfide) groups is 2. The Hall–Kier alpha value is 0.660. The van der Waals surface area contributed by atoms with Crippen LogP contribution in [-0.4, -0.2) is 44.0 Å². The van der Waals surface area contributed by atoms with E-state index in [1.807, 2.05) is 0 Å². The van der Waals surface area contributed by atoms with Crippen molar-refractivity contribution in [3.63, 3.8) is 0 Å². The zero-order chi connectivity index (χ0) is 38.2. The van der Waals surface area contributed by atoms with Gasteiger partial charge in [0, 0.05) is 39.1 Å². The van der Waals surface area contributed by atoms with Crippen molar-refractivity contribution in [1.29, 1.82) is 0 Å². The van der Waals surface area contributed by atoms with E-state index in [1.165, 1.54) is 25.7 Å². The van der Waals surface area contributed by atoms with Crippen molar-refractivity contribution < 1.29 is 0 Å². The molecule has 0 aromatic heterocycles. The monoisotopic (exact) mass is 828 g/mol. The molecule has 0 aromatic rings. The van der Waals surface area contributed by atoms with Crippen LogP contribution < -0.4 is 0 Å². The summed E-state index contributed by atoms with van der Waals surface area (Å²) in [5.41, 5.74) is 0.727. The highest BCUT2D eigenvalue weighted by Crippen LogP contribution is 2.72. The lowest BCUT2D eigenvalue weighted by Crippen LogP contribution is -2.56. The zero-order valence-corrected chi connectivity index (χ0v) is 39.1. The molecule has 2 saturated heterocycles. The highest BCUT2D eigenvalue weighted by Gasteiger charge is 2.66. The molecule has 10 aliphatic carbocycles. The van der Waals surface area contributed by atoms with Crippen molar-refractivity contribution in [2.24, 2.45) is 76.4 Å².